The maximum absolute atomic E-state index is 12.9. The number of carbonyl (C=O) groups excluding carboxylic acids is 1. The Labute approximate surface area is 177 Å². The standard InChI is InChI=1S/C22H21F3N4O2/c1-14-5-4-6-15(13-14)19-27-20(31-28-19)18-7-2-3-12-29(18)21(30)26-17-10-8-16(9-11-17)22(23,24)25/h4-6,8-11,13,18H,2-3,7,12H2,1H3,(H,26,30). The van der Waals surface area contributed by atoms with E-state index in [0.29, 0.717) is 24.7 Å². The summed E-state index contributed by atoms with van der Waals surface area (Å²) in [6, 6.07) is 11.3. The number of halogens is 3. The number of hydrogen-bond acceptors (Lipinski definition) is 4. The Kier molecular flexibility index (Phi) is 5.67. The molecular formula is C22H21F3N4O2. The van der Waals surface area contributed by atoms with Gasteiger partial charge in [0.05, 0.1) is 5.56 Å². The number of piperidine rings is 1. The number of likely N-dealkylation sites (tertiary alicyclic amines) is 1. The Balaban J connectivity index is 1.50. The third-order valence-corrected chi connectivity index (χ3v) is 5.23. The zero-order valence-electron chi connectivity index (χ0n) is 16.8. The molecule has 3 aromatic rings. The molecule has 0 saturated carbocycles. The summed E-state index contributed by atoms with van der Waals surface area (Å²) >= 11 is 0. The molecule has 2 heterocycles. The summed E-state index contributed by atoms with van der Waals surface area (Å²) in [5, 5.41) is 6.73. The van der Waals surface area contributed by atoms with Gasteiger partial charge in [-0.25, -0.2) is 4.79 Å². The monoisotopic (exact) mass is 430 g/mol. The molecule has 1 fully saturated rings. The van der Waals surface area contributed by atoms with Gasteiger partial charge in [-0.3, -0.25) is 0 Å². The van der Waals surface area contributed by atoms with E-state index in [9.17, 15) is 18.0 Å². The van der Waals surface area contributed by atoms with Gasteiger partial charge >= 0.3 is 12.2 Å². The van der Waals surface area contributed by atoms with Crippen LogP contribution in [0.4, 0.5) is 23.7 Å². The summed E-state index contributed by atoms with van der Waals surface area (Å²) in [6.45, 7) is 2.46. The van der Waals surface area contributed by atoms with Crippen LogP contribution in [-0.2, 0) is 6.18 Å². The number of nitrogens with zero attached hydrogens (tertiary/aromatic N) is 3. The van der Waals surface area contributed by atoms with Crippen molar-refractivity contribution in [2.75, 3.05) is 11.9 Å². The molecule has 31 heavy (non-hydrogen) atoms. The molecule has 0 bridgehead atoms. The second-order valence-corrected chi connectivity index (χ2v) is 7.54. The summed E-state index contributed by atoms with van der Waals surface area (Å²) in [5.74, 6) is 0.797. The van der Waals surface area contributed by atoms with Gasteiger partial charge in [0.25, 0.3) is 0 Å². The van der Waals surface area contributed by atoms with Crippen molar-refractivity contribution in [1.29, 1.82) is 0 Å². The van der Waals surface area contributed by atoms with Gasteiger partial charge in [0.2, 0.25) is 11.7 Å². The lowest BCUT2D eigenvalue weighted by Gasteiger charge is -2.33. The number of urea groups is 1. The largest absolute Gasteiger partial charge is 0.416 e. The summed E-state index contributed by atoms with van der Waals surface area (Å²) in [6.07, 6.45) is -2.05. The molecule has 0 radical (unpaired) electrons. The first-order chi connectivity index (χ1) is 14.8. The highest BCUT2D eigenvalue weighted by atomic mass is 19.4. The number of hydrogen-bond donors (Lipinski definition) is 1. The number of carbonyl (C=O) groups is 1. The molecule has 4 rings (SSSR count). The minimum atomic E-state index is -4.42. The third kappa shape index (κ3) is 4.70. The summed E-state index contributed by atoms with van der Waals surface area (Å²) < 4.78 is 43.7. The van der Waals surface area contributed by atoms with Crippen molar-refractivity contribution < 1.29 is 22.5 Å². The summed E-state index contributed by atoms with van der Waals surface area (Å²) in [5.41, 5.74) is 1.41. The van der Waals surface area contributed by atoms with Crippen LogP contribution in [0.5, 0.6) is 0 Å². The van der Waals surface area contributed by atoms with Gasteiger partial charge in [-0.15, -0.1) is 0 Å². The SMILES string of the molecule is Cc1cccc(-c2noc(C3CCCCN3C(=O)Nc3ccc(C(F)(F)F)cc3)n2)c1. The van der Waals surface area contributed by atoms with Gasteiger partial charge in [-0.2, -0.15) is 18.2 Å². The smallest absolute Gasteiger partial charge is 0.337 e. The van der Waals surface area contributed by atoms with Crippen LogP contribution in [0, 0.1) is 6.92 Å². The first kappa shape index (κ1) is 20.9. The molecule has 1 N–H and O–H groups in total. The average molecular weight is 430 g/mol. The lowest BCUT2D eigenvalue weighted by molar-refractivity contribution is -0.137. The molecule has 0 aliphatic carbocycles. The molecule has 9 heteroatoms. The van der Waals surface area contributed by atoms with Crippen molar-refractivity contribution in [2.24, 2.45) is 0 Å². The zero-order chi connectivity index (χ0) is 22.0. The number of anilines is 1. The van der Waals surface area contributed by atoms with E-state index in [2.05, 4.69) is 15.5 Å². The van der Waals surface area contributed by atoms with Crippen LogP contribution in [0.15, 0.2) is 53.1 Å². The van der Waals surface area contributed by atoms with Gasteiger partial charge in [-0.1, -0.05) is 28.9 Å². The highest BCUT2D eigenvalue weighted by Crippen LogP contribution is 2.33. The first-order valence-corrected chi connectivity index (χ1v) is 9.97. The highest BCUT2D eigenvalue weighted by molar-refractivity contribution is 5.89. The van der Waals surface area contributed by atoms with E-state index in [0.717, 1.165) is 36.1 Å². The normalized spacial score (nSPS) is 16.9. The lowest BCUT2D eigenvalue weighted by Crippen LogP contribution is -2.41. The van der Waals surface area contributed by atoms with Crippen molar-refractivity contribution in [3.05, 3.63) is 65.5 Å². The Hall–Kier alpha value is -3.36. The second kappa shape index (κ2) is 8.41. The third-order valence-electron chi connectivity index (χ3n) is 5.23. The van der Waals surface area contributed by atoms with Crippen LogP contribution >= 0.6 is 0 Å². The molecule has 0 spiro atoms. The molecule has 1 unspecified atom stereocenters. The van der Waals surface area contributed by atoms with Crippen LogP contribution < -0.4 is 5.32 Å². The number of nitrogens with one attached hydrogen (secondary N) is 1. The molecule has 6 nitrogen and oxygen atoms in total. The maximum Gasteiger partial charge on any atom is 0.416 e. The summed E-state index contributed by atoms with van der Waals surface area (Å²) in [4.78, 5) is 18.9. The highest BCUT2D eigenvalue weighted by Gasteiger charge is 2.33. The number of aryl methyl sites for hydroxylation is 1. The van der Waals surface area contributed by atoms with Crippen LogP contribution in [0.1, 0.15) is 42.3 Å². The van der Waals surface area contributed by atoms with Crippen LogP contribution in [-0.4, -0.2) is 27.6 Å². The van der Waals surface area contributed by atoms with E-state index in [4.69, 9.17) is 4.52 Å². The first-order valence-electron chi connectivity index (χ1n) is 9.97. The number of alkyl halides is 3. The molecular weight excluding hydrogens is 409 g/mol. The second-order valence-electron chi connectivity index (χ2n) is 7.54. The van der Waals surface area contributed by atoms with Crippen LogP contribution in [0.25, 0.3) is 11.4 Å². The molecule has 1 aromatic heterocycles. The van der Waals surface area contributed by atoms with E-state index in [1.165, 1.54) is 12.1 Å². The minimum absolute atomic E-state index is 0.285. The predicted molar refractivity (Wildman–Crippen MR) is 108 cm³/mol. The number of rotatable bonds is 3. The molecule has 1 saturated heterocycles. The molecule has 1 aliphatic heterocycles. The van der Waals surface area contributed by atoms with E-state index >= 15 is 0 Å². The van der Waals surface area contributed by atoms with Gasteiger partial charge in [0, 0.05) is 17.8 Å². The van der Waals surface area contributed by atoms with Gasteiger partial charge in [-0.05, 0) is 56.5 Å². The quantitative estimate of drug-likeness (QED) is 0.568. The van der Waals surface area contributed by atoms with Crippen molar-refractivity contribution in [2.45, 2.75) is 38.4 Å². The van der Waals surface area contributed by atoms with Crippen LogP contribution in [0.3, 0.4) is 0 Å². The molecule has 2 aromatic carbocycles. The topological polar surface area (TPSA) is 71.3 Å². The number of amides is 2. The minimum Gasteiger partial charge on any atom is -0.337 e. The van der Waals surface area contributed by atoms with Crippen molar-refractivity contribution in [3.8, 4) is 11.4 Å². The van der Waals surface area contributed by atoms with E-state index < -0.39 is 23.8 Å². The number of benzene rings is 2. The maximum atomic E-state index is 12.9. The molecule has 1 atom stereocenters. The van der Waals surface area contributed by atoms with E-state index in [1.807, 2.05) is 31.2 Å². The Morgan fingerprint density at radius 3 is 2.65 bits per heavy atom. The van der Waals surface area contributed by atoms with Gasteiger partial charge in [0.15, 0.2) is 0 Å². The van der Waals surface area contributed by atoms with Gasteiger partial charge in [0.1, 0.15) is 6.04 Å². The fourth-order valence-corrected chi connectivity index (χ4v) is 3.64. The van der Waals surface area contributed by atoms with Crippen molar-refractivity contribution >= 4 is 11.7 Å². The number of aromatic nitrogens is 2. The molecule has 1 aliphatic rings. The zero-order valence-corrected chi connectivity index (χ0v) is 16.8. The van der Waals surface area contributed by atoms with Gasteiger partial charge < -0.3 is 14.7 Å². The predicted octanol–water partition coefficient (Wildman–Crippen LogP) is 5.82. The van der Waals surface area contributed by atoms with E-state index in [-0.39, 0.29) is 5.69 Å². The summed E-state index contributed by atoms with van der Waals surface area (Å²) in [7, 11) is 0. The lowest BCUT2D eigenvalue weighted by atomic mass is 10.0. The molecule has 2 amide bonds. The fourth-order valence-electron chi connectivity index (χ4n) is 3.64. The molecule has 162 valence electrons. The average Bonchev–Trinajstić information content (AvgIpc) is 3.24. The van der Waals surface area contributed by atoms with Crippen LogP contribution in [0.2, 0.25) is 0 Å². The van der Waals surface area contributed by atoms with Crippen molar-refractivity contribution in [1.82, 2.24) is 15.0 Å². The Morgan fingerprint density at radius 1 is 1.16 bits per heavy atom. The van der Waals surface area contributed by atoms with E-state index in [1.54, 1.807) is 4.90 Å². The fraction of sp³-hybridized carbons (Fsp3) is 0.318. The Morgan fingerprint density at radius 2 is 1.94 bits per heavy atom. The Bertz CT molecular complexity index is 1060. The van der Waals surface area contributed by atoms with Crippen molar-refractivity contribution in [3.63, 3.8) is 0 Å².